The molecular weight excluding hydrogens is 498 g/mol. The number of halogens is 1. The molecule has 1 amide bonds. The number of rotatable bonds is 5. The zero-order valence-corrected chi connectivity index (χ0v) is 20.7. The lowest BCUT2D eigenvalue weighted by molar-refractivity contribution is 0.102. The molecule has 8 heteroatoms. The molecule has 6 rings (SSSR count). The van der Waals surface area contributed by atoms with Crippen molar-refractivity contribution in [3.63, 3.8) is 0 Å². The second kappa shape index (κ2) is 9.80. The quantitative estimate of drug-likeness (QED) is 0.279. The van der Waals surface area contributed by atoms with Crippen molar-refractivity contribution in [3.8, 4) is 28.2 Å². The van der Waals surface area contributed by atoms with Crippen LogP contribution in [0, 0.1) is 0 Å². The van der Waals surface area contributed by atoms with Crippen LogP contribution in [0.15, 0.2) is 114 Å². The predicted molar refractivity (Wildman–Crippen MR) is 150 cm³/mol. The van der Waals surface area contributed by atoms with Gasteiger partial charge in [0.25, 0.3) is 11.5 Å². The van der Waals surface area contributed by atoms with Crippen LogP contribution in [0.1, 0.15) is 10.5 Å². The average molecular weight is 518 g/mol. The van der Waals surface area contributed by atoms with Crippen molar-refractivity contribution in [1.29, 1.82) is 0 Å². The highest BCUT2D eigenvalue weighted by atomic mass is 35.5. The molecule has 0 saturated heterocycles. The van der Waals surface area contributed by atoms with E-state index in [1.807, 2.05) is 72.8 Å². The Morgan fingerprint density at radius 1 is 0.763 bits per heavy atom. The molecule has 6 aromatic rings. The summed E-state index contributed by atoms with van der Waals surface area (Å²) in [5.74, 6) is -0.105. The van der Waals surface area contributed by atoms with Gasteiger partial charge in [-0.05, 0) is 47.5 Å². The van der Waals surface area contributed by atoms with Crippen LogP contribution in [0.5, 0.6) is 0 Å². The van der Waals surface area contributed by atoms with Crippen LogP contribution in [0.2, 0.25) is 5.02 Å². The molecule has 0 unspecified atom stereocenters. The number of benzene rings is 4. The monoisotopic (exact) mass is 517 g/mol. The maximum Gasteiger partial charge on any atom is 0.277 e. The van der Waals surface area contributed by atoms with Crippen LogP contribution in [-0.4, -0.2) is 25.7 Å². The summed E-state index contributed by atoms with van der Waals surface area (Å²) in [4.78, 5) is 31.8. The van der Waals surface area contributed by atoms with Crippen molar-refractivity contribution >= 4 is 34.2 Å². The normalized spacial score (nSPS) is 11.0. The van der Waals surface area contributed by atoms with Crippen LogP contribution < -0.4 is 10.9 Å². The molecule has 0 aliphatic heterocycles. The van der Waals surface area contributed by atoms with Gasteiger partial charge >= 0.3 is 0 Å². The Hall–Kier alpha value is -5.01. The Bertz CT molecular complexity index is 1810. The van der Waals surface area contributed by atoms with Crippen LogP contribution in [0.4, 0.5) is 5.69 Å². The third-order valence-electron chi connectivity index (χ3n) is 6.18. The summed E-state index contributed by atoms with van der Waals surface area (Å²) in [5, 5.41) is 10.3. The summed E-state index contributed by atoms with van der Waals surface area (Å²) in [6.07, 6.45) is 0. The highest BCUT2D eigenvalue weighted by molar-refractivity contribution is 6.30. The summed E-state index contributed by atoms with van der Waals surface area (Å²) < 4.78 is 1.48. The van der Waals surface area contributed by atoms with Crippen molar-refractivity contribution < 1.29 is 4.79 Å². The summed E-state index contributed by atoms with van der Waals surface area (Å²) in [5.41, 5.74) is 3.77. The first kappa shape index (κ1) is 23.4. The molecule has 184 valence electrons. The number of hydrogen-bond acceptors (Lipinski definition) is 4. The van der Waals surface area contributed by atoms with Crippen molar-refractivity contribution in [2.75, 3.05) is 5.32 Å². The molecule has 0 radical (unpaired) electrons. The minimum Gasteiger partial charge on any atom is -0.321 e. The lowest BCUT2D eigenvalue weighted by Gasteiger charge is -2.13. The van der Waals surface area contributed by atoms with Gasteiger partial charge < -0.3 is 5.32 Å². The van der Waals surface area contributed by atoms with Crippen LogP contribution in [0.25, 0.3) is 39.2 Å². The van der Waals surface area contributed by atoms with Gasteiger partial charge in [-0.2, -0.15) is 5.10 Å². The Balaban J connectivity index is 1.51. The molecule has 0 atom stereocenters. The third kappa shape index (κ3) is 4.36. The number of carbonyl (C=O) groups excluding carboxylic acids is 1. The van der Waals surface area contributed by atoms with Gasteiger partial charge in [-0.3, -0.25) is 19.3 Å². The topological polar surface area (TPSA) is 92.7 Å². The van der Waals surface area contributed by atoms with E-state index in [4.69, 9.17) is 16.6 Å². The number of fused-ring (bicyclic) bond motifs is 1. The largest absolute Gasteiger partial charge is 0.321 e. The number of anilines is 1. The standard InChI is InChI=1S/C30H20ClN5O2/c31-22-15-17-24(18-16-22)36-28(21-13-11-20(12-14-21)19-7-3-1-4-8-19)33-27-25(30(36)38)26(34-35-27)29(37)32-23-9-5-2-6-10-23/h1-18H,(H,32,37)(H,34,35). The zero-order valence-electron chi connectivity index (χ0n) is 19.9. The van der Waals surface area contributed by atoms with Gasteiger partial charge in [-0.1, -0.05) is 84.4 Å². The second-order valence-corrected chi connectivity index (χ2v) is 9.05. The molecule has 4 aromatic carbocycles. The van der Waals surface area contributed by atoms with Crippen LogP contribution in [0.3, 0.4) is 0 Å². The van der Waals surface area contributed by atoms with E-state index in [0.717, 1.165) is 16.7 Å². The fourth-order valence-electron chi connectivity index (χ4n) is 4.32. The van der Waals surface area contributed by atoms with Crippen molar-refractivity contribution in [2.24, 2.45) is 0 Å². The summed E-state index contributed by atoms with van der Waals surface area (Å²) in [6.45, 7) is 0. The van der Waals surface area contributed by atoms with Gasteiger partial charge in [0.15, 0.2) is 11.3 Å². The number of para-hydroxylation sites is 1. The smallest absolute Gasteiger partial charge is 0.277 e. The third-order valence-corrected chi connectivity index (χ3v) is 6.43. The van der Waals surface area contributed by atoms with E-state index in [2.05, 4.69) is 15.5 Å². The molecule has 0 aliphatic carbocycles. The average Bonchev–Trinajstić information content (AvgIpc) is 3.40. The number of H-pyrrole nitrogens is 1. The van der Waals surface area contributed by atoms with Crippen LogP contribution in [-0.2, 0) is 0 Å². The number of carbonyl (C=O) groups is 1. The first-order chi connectivity index (χ1) is 18.6. The fourth-order valence-corrected chi connectivity index (χ4v) is 4.45. The number of nitrogens with one attached hydrogen (secondary N) is 2. The Kier molecular flexibility index (Phi) is 6.03. The van der Waals surface area contributed by atoms with Crippen molar-refractivity contribution in [3.05, 3.63) is 130 Å². The maximum atomic E-state index is 14.0. The molecule has 2 N–H and O–H groups in total. The first-order valence-corrected chi connectivity index (χ1v) is 12.3. The first-order valence-electron chi connectivity index (χ1n) is 11.9. The van der Waals surface area contributed by atoms with E-state index in [0.29, 0.717) is 22.2 Å². The van der Waals surface area contributed by atoms with E-state index in [-0.39, 0.29) is 16.7 Å². The minimum atomic E-state index is -0.510. The van der Waals surface area contributed by atoms with Gasteiger partial charge in [0.05, 0.1) is 5.69 Å². The lowest BCUT2D eigenvalue weighted by atomic mass is 10.0. The molecule has 0 spiro atoms. The van der Waals surface area contributed by atoms with Crippen LogP contribution >= 0.6 is 11.6 Å². The molecule has 0 fully saturated rings. The van der Waals surface area contributed by atoms with Gasteiger partial charge in [-0.25, -0.2) is 4.98 Å². The predicted octanol–water partition coefficient (Wildman–Crippen LogP) is 6.35. The number of aromatic nitrogens is 4. The lowest BCUT2D eigenvalue weighted by Crippen LogP contribution is -2.24. The van der Waals surface area contributed by atoms with E-state index in [9.17, 15) is 9.59 Å². The highest BCUT2D eigenvalue weighted by Crippen LogP contribution is 2.27. The number of hydrogen-bond donors (Lipinski definition) is 2. The summed E-state index contributed by atoms with van der Waals surface area (Å²) >= 11 is 6.12. The minimum absolute atomic E-state index is 0.0324. The molecule has 0 aliphatic rings. The number of amides is 1. The van der Waals surface area contributed by atoms with Gasteiger partial charge in [0.2, 0.25) is 0 Å². The Morgan fingerprint density at radius 2 is 1.37 bits per heavy atom. The zero-order chi connectivity index (χ0) is 26.1. The van der Waals surface area contributed by atoms with E-state index >= 15 is 0 Å². The van der Waals surface area contributed by atoms with E-state index < -0.39 is 11.5 Å². The molecule has 2 heterocycles. The molecule has 38 heavy (non-hydrogen) atoms. The second-order valence-electron chi connectivity index (χ2n) is 8.61. The summed E-state index contributed by atoms with van der Waals surface area (Å²) in [7, 11) is 0. The van der Waals surface area contributed by atoms with E-state index in [1.54, 1.807) is 36.4 Å². The van der Waals surface area contributed by atoms with Crippen molar-refractivity contribution in [2.45, 2.75) is 0 Å². The van der Waals surface area contributed by atoms with Gasteiger partial charge in [0, 0.05) is 16.3 Å². The van der Waals surface area contributed by atoms with E-state index in [1.165, 1.54) is 4.57 Å². The van der Waals surface area contributed by atoms with Gasteiger partial charge in [-0.15, -0.1) is 0 Å². The summed E-state index contributed by atoms with van der Waals surface area (Å²) in [6, 6.07) is 33.7. The molecular formula is C30H20ClN5O2. The number of aromatic amines is 1. The maximum absolute atomic E-state index is 14.0. The molecule has 2 aromatic heterocycles. The SMILES string of the molecule is O=C(Nc1ccccc1)c1n[nH]c2nc(-c3ccc(-c4ccccc4)cc3)n(-c3ccc(Cl)cc3)c(=O)c12. The number of nitrogens with zero attached hydrogens (tertiary/aromatic N) is 3. The highest BCUT2D eigenvalue weighted by Gasteiger charge is 2.23. The Labute approximate surface area is 222 Å². The Morgan fingerprint density at radius 3 is 2.05 bits per heavy atom. The molecule has 0 saturated carbocycles. The van der Waals surface area contributed by atoms with Crippen molar-refractivity contribution in [1.82, 2.24) is 19.7 Å². The fraction of sp³-hybridized carbons (Fsp3) is 0. The molecule has 7 nitrogen and oxygen atoms in total. The van der Waals surface area contributed by atoms with Gasteiger partial charge in [0.1, 0.15) is 11.2 Å². The molecule has 0 bridgehead atoms.